The lowest BCUT2D eigenvalue weighted by molar-refractivity contribution is 0.0609. The third-order valence-corrected chi connectivity index (χ3v) is 3.80. The maximum Gasteiger partial charge on any atom is 0.292 e. The molecule has 1 aliphatic rings. The smallest absolute Gasteiger partial charge is 0.292 e. The summed E-state index contributed by atoms with van der Waals surface area (Å²) >= 11 is 3.42. The molecule has 1 aromatic heterocycles. The van der Waals surface area contributed by atoms with E-state index in [9.17, 15) is 4.79 Å². The molecule has 0 spiro atoms. The highest BCUT2D eigenvalue weighted by atomic mass is 79.9. The van der Waals surface area contributed by atoms with Gasteiger partial charge in [0.2, 0.25) is 5.76 Å². The first-order chi connectivity index (χ1) is 8.72. The maximum absolute atomic E-state index is 12.4. The van der Waals surface area contributed by atoms with Crippen LogP contribution in [0.2, 0.25) is 0 Å². The Morgan fingerprint density at radius 1 is 1.50 bits per heavy atom. The largest absolute Gasteiger partial charge is 0.351 e. The highest BCUT2D eigenvalue weighted by Gasteiger charge is 2.27. The van der Waals surface area contributed by atoms with Gasteiger partial charge in [0.1, 0.15) is 0 Å². The average Bonchev–Trinajstić information content (AvgIpc) is 2.83. The second kappa shape index (κ2) is 6.36. The molecule has 0 unspecified atom stereocenters. The Kier molecular flexibility index (Phi) is 4.80. The number of hydrogen-bond acceptors (Lipinski definition) is 3. The van der Waals surface area contributed by atoms with E-state index < -0.39 is 0 Å². The standard InChI is InChI=1S/C13H19BrN2O2/c1-10-9-12(18-15-10)13(17)16(8-7-14)11-5-3-2-4-6-11/h9,11H,2-8H2,1H3. The molecule has 18 heavy (non-hydrogen) atoms. The molecule has 0 aromatic carbocycles. The Labute approximate surface area is 116 Å². The molecule has 1 aliphatic carbocycles. The first kappa shape index (κ1) is 13.6. The first-order valence-corrected chi connectivity index (χ1v) is 7.65. The van der Waals surface area contributed by atoms with E-state index in [2.05, 4.69) is 21.1 Å². The molecule has 1 amide bonds. The van der Waals surface area contributed by atoms with E-state index in [-0.39, 0.29) is 5.91 Å². The van der Waals surface area contributed by atoms with Gasteiger partial charge >= 0.3 is 0 Å². The number of amides is 1. The summed E-state index contributed by atoms with van der Waals surface area (Å²) < 4.78 is 5.09. The van der Waals surface area contributed by atoms with Gasteiger partial charge in [0.15, 0.2) is 0 Å². The molecule has 0 N–H and O–H groups in total. The van der Waals surface area contributed by atoms with E-state index in [1.165, 1.54) is 19.3 Å². The molecule has 0 atom stereocenters. The summed E-state index contributed by atoms with van der Waals surface area (Å²) in [5, 5.41) is 4.59. The van der Waals surface area contributed by atoms with Crippen LogP contribution >= 0.6 is 15.9 Å². The summed E-state index contributed by atoms with van der Waals surface area (Å²) in [4.78, 5) is 14.4. The zero-order valence-corrected chi connectivity index (χ0v) is 12.3. The van der Waals surface area contributed by atoms with Gasteiger partial charge in [-0.15, -0.1) is 0 Å². The van der Waals surface area contributed by atoms with Gasteiger partial charge in [-0.25, -0.2) is 0 Å². The van der Waals surface area contributed by atoms with Crippen LogP contribution in [-0.2, 0) is 0 Å². The third kappa shape index (κ3) is 3.13. The molecule has 0 bridgehead atoms. The van der Waals surface area contributed by atoms with Crippen LogP contribution in [-0.4, -0.2) is 33.9 Å². The highest BCUT2D eigenvalue weighted by molar-refractivity contribution is 9.09. The van der Waals surface area contributed by atoms with Crippen LogP contribution in [0.4, 0.5) is 0 Å². The van der Waals surface area contributed by atoms with Crippen molar-refractivity contribution in [1.29, 1.82) is 0 Å². The molecule has 0 saturated heterocycles. The summed E-state index contributed by atoms with van der Waals surface area (Å²) in [6.45, 7) is 2.55. The van der Waals surface area contributed by atoms with Crippen molar-refractivity contribution in [2.45, 2.75) is 45.1 Å². The molecule has 0 aliphatic heterocycles. The van der Waals surface area contributed by atoms with E-state index in [0.29, 0.717) is 11.8 Å². The Morgan fingerprint density at radius 2 is 2.22 bits per heavy atom. The number of alkyl halides is 1. The summed E-state index contributed by atoms with van der Waals surface area (Å²) in [5.74, 6) is 0.334. The quantitative estimate of drug-likeness (QED) is 0.802. The molecule has 1 aromatic rings. The number of hydrogen-bond donors (Lipinski definition) is 0. The molecule has 1 heterocycles. The zero-order chi connectivity index (χ0) is 13.0. The fourth-order valence-corrected chi connectivity index (χ4v) is 2.92. The van der Waals surface area contributed by atoms with E-state index in [4.69, 9.17) is 4.52 Å². The van der Waals surface area contributed by atoms with Crippen LogP contribution in [0.5, 0.6) is 0 Å². The molecule has 4 nitrogen and oxygen atoms in total. The van der Waals surface area contributed by atoms with Crippen molar-refractivity contribution in [1.82, 2.24) is 10.1 Å². The van der Waals surface area contributed by atoms with Crippen LogP contribution in [0.25, 0.3) is 0 Å². The summed E-state index contributed by atoms with van der Waals surface area (Å²) in [6.07, 6.45) is 5.92. The van der Waals surface area contributed by atoms with Gasteiger partial charge < -0.3 is 9.42 Å². The number of aromatic nitrogens is 1. The lowest BCUT2D eigenvalue weighted by atomic mass is 9.94. The molecule has 100 valence electrons. The van der Waals surface area contributed by atoms with Gasteiger partial charge in [-0.05, 0) is 19.8 Å². The van der Waals surface area contributed by atoms with Crippen molar-refractivity contribution >= 4 is 21.8 Å². The van der Waals surface area contributed by atoms with Gasteiger partial charge in [-0.3, -0.25) is 4.79 Å². The number of carbonyl (C=O) groups is 1. The molecule has 1 fully saturated rings. The summed E-state index contributed by atoms with van der Waals surface area (Å²) in [7, 11) is 0. The van der Waals surface area contributed by atoms with E-state index >= 15 is 0 Å². The second-order valence-corrected chi connectivity index (χ2v) is 5.60. The van der Waals surface area contributed by atoms with Gasteiger partial charge in [-0.1, -0.05) is 40.3 Å². The van der Waals surface area contributed by atoms with Crippen molar-refractivity contribution in [2.75, 3.05) is 11.9 Å². The third-order valence-electron chi connectivity index (χ3n) is 3.44. The molecular weight excluding hydrogens is 296 g/mol. The van der Waals surface area contributed by atoms with Crippen molar-refractivity contribution in [3.63, 3.8) is 0 Å². The summed E-state index contributed by atoms with van der Waals surface area (Å²) in [6, 6.07) is 2.07. The number of rotatable bonds is 4. The lowest BCUT2D eigenvalue weighted by Crippen LogP contribution is -2.42. The van der Waals surface area contributed by atoms with Crippen molar-refractivity contribution < 1.29 is 9.32 Å². The molecule has 1 saturated carbocycles. The van der Waals surface area contributed by atoms with Crippen molar-refractivity contribution in [2.24, 2.45) is 0 Å². The minimum Gasteiger partial charge on any atom is -0.351 e. The van der Waals surface area contributed by atoms with E-state index in [1.54, 1.807) is 6.07 Å². The monoisotopic (exact) mass is 314 g/mol. The lowest BCUT2D eigenvalue weighted by Gasteiger charge is -2.33. The Morgan fingerprint density at radius 3 is 2.78 bits per heavy atom. The Bertz CT molecular complexity index is 399. The Hall–Kier alpha value is -0.840. The second-order valence-electron chi connectivity index (χ2n) is 4.81. The average molecular weight is 315 g/mol. The van der Waals surface area contributed by atoms with Gasteiger partial charge in [0.05, 0.1) is 5.69 Å². The van der Waals surface area contributed by atoms with Crippen LogP contribution < -0.4 is 0 Å². The molecule has 2 rings (SSSR count). The normalized spacial score (nSPS) is 16.8. The van der Waals surface area contributed by atoms with E-state index in [0.717, 1.165) is 30.4 Å². The fourth-order valence-electron chi connectivity index (χ4n) is 2.54. The minimum absolute atomic E-state index is 0.0260. The van der Waals surface area contributed by atoms with Crippen LogP contribution in [0, 0.1) is 6.92 Å². The number of carbonyl (C=O) groups excluding carboxylic acids is 1. The van der Waals surface area contributed by atoms with Crippen LogP contribution in [0.3, 0.4) is 0 Å². The number of nitrogens with zero attached hydrogens (tertiary/aromatic N) is 2. The topological polar surface area (TPSA) is 46.3 Å². The van der Waals surface area contributed by atoms with Gasteiger partial charge in [0, 0.05) is 24.0 Å². The predicted octanol–water partition coefficient (Wildman–Crippen LogP) is 3.15. The highest BCUT2D eigenvalue weighted by Crippen LogP contribution is 2.24. The van der Waals surface area contributed by atoms with Crippen molar-refractivity contribution in [3.8, 4) is 0 Å². The van der Waals surface area contributed by atoms with Gasteiger partial charge in [-0.2, -0.15) is 0 Å². The maximum atomic E-state index is 12.4. The van der Waals surface area contributed by atoms with E-state index in [1.807, 2.05) is 11.8 Å². The summed E-state index contributed by atoms with van der Waals surface area (Å²) in [5.41, 5.74) is 0.751. The first-order valence-electron chi connectivity index (χ1n) is 6.52. The van der Waals surface area contributed by atoms with Crippen LogP contribution in [0.15, 0.2) is 10.6 Å². The molecular formula is C13H19BrN2O2. The SMILES string of the molecule is Cc1cc(C(=O)N(CCBr)C2CCCCC2)on1. The fraction of sp³-hybridized carbons (Fsp3) is 0.692. The number of halogens is 1. The van der Waals surface area contributed by atoms with Gasteiger partial charge in [0.25, 0.3) is 5.91 Å². The predicted molar refractivity (Wildman–Crippen MR) is 72.9 cm³/mol. The number of aryl methyl sites for hydroxylation is 1. The minimum atomic E-state index is -0.0260. The Balaban J connectivity index is 2.10. The zero-order valence-electron chi connectivity index (χ0n) is 10.7. The van der Waals surface area contributed by atoms with Crippen molar-refractivity contribution in [3.05, 3.63) is 17.5 Å². The van der Waals surface area contributed by atoms with Crippen LogP contribution in [0.1, 0.15) is 48.4 Å². The molecule has 0 radical (unpaired) electrons. The molecule has 5 heteroatoms.